The lowest BCUT2D eigenvalue weighted by Crippen LogP contribution is -2.44. The number of carboxylic acids is 1. The molecule has 7 heteroatoms. The molecular formula is C32H38N2O5. The quantitative estimate of drug-likeness (QED) is 0.296. The van der Waals surface area contributed by atoms with Crippen molar-refractivity contribution in [3.8, 4) is 11.1 Å². The summed E-state index contributed by atoms with van der Waals surface area (Å²) in [6.45, 7) is 9.89. The van der Waals surface area contributed by atoms with E-state index in [1.165, 1.54) is 0 Å². The van der Waals surface area contributed by atoms with Crippen LogP contribution in [0.4, 0.5) is 4.79 Å². The molecule has 0 bridgehead atoms. The number of carbonyl (C=O) groups excluding carboxylic acids is 2. The van der Waals surface area contributed by atoms with E-state index in [1.54, 1.807) is 45.0 Å². The zero-order valence-corrected chi connectivity index (χ0v) is 23.2. The van der Waals surface area contributed by atoms with Crippen molar-refractivity contribution in [2.24, 2.45) is 5.92 Å². The predicted molar refractivity (Wildman–Crippen MR) is 153 cm³/mol. The largest absolute Gasteiger partial charge is 0.480 e. The molecule has 0 saturated heterocycles. The molecule has 2 amide bonds. The lowest BCUT2D eigenvalue weighted by atomic mass is 9.87. The van der Waals surface area contributed by atoms with E-state index in [-0.39, 0.29) is 18.2 Å². The first-order chi connectivity index (χ1) is 18.4. The monoisotopic (exact) mass is 530 g/mol. The summed E-state index contributed by atoms with van der Waals surface area (Å²) in [5.74, 6) is -0.900. The standard InChI is InChI=1S/C32H38N2O5/c1-21(2)27(25-17-15-24(16-18-25)23-9-7-6-8-10-23)20-33-29(35)26-13-11-22(12-14-26)19-28(30(36)37)34-31(38)39-32(3,4)5/h6-18,21,27-28H,19-20H2,1-5H3,(H,33,35)(H,34,38)(H,36,37)/t27-,28?/m1/s1. The second kappa shape index (κ2) is 13.1. The molecule has 2 atom stereocenters. The van der Waals surface area contributed by atoms with Gasteiger partial charge in [-0.1, -0.05) is 80.6 Å². The molecule has 3 aromatic carbocycles. The van der Waals surface area contributed by atoms with Crippen LogP contribution < -0.4 is 10.6 Å². The van der Waals surface area contributed by atoms with Gasteiger partial charge in [-0.15, -0.1) is 0 Å². The van der Waals surface area contributed by atoms with Crippen LogP contribution in [0.5, 0.6) is 0 Å². The van der Waals surface area contributed by atoms with Crippen molar-refractivity contribution in [2.75, 3.05) is 6.54 Å². The second-order valence-corrected chi connectivity index (χ2v) is 11.0. The lowest BCUT2D eigenvalue weighted by Gasteiger charge is -2.22. The van der Waals surface area contributed by atoms with Crippen LogP contribution in [0.15, 0.2) is 78.9 Å². The Balaban J connectivity index is 1.60. The van der Waals surface area contributed by atoms with Gasteiger partial charge >= 0.3 is 12.1 Å². The highest BCUT2D eigenvalue weighted by Crippen LogP contribution is 2.27. The average Bonchev–Trinajstić information content (AvgIpc) is 2.88. The first kappa shape index (κ1) is 29.4. The fraction of sp³-hybridized carbons (Fsp3) is 0.344. The summed E-state index contributed by atoms with van der Waals surface area (Å²) in [5, 5.41) is 15.0. The fourth-order valence-electron chi connectivity index (χ4n) is 4.27. The molecule has 0 aliphatic heterocycles. The lowest BCUT2D eigenvalue weighted by molar-refractivity contribution is -0.139. The summed E-state index contributed by atoms with van der Waals surface area (Å²) in [6, 6.07) is 24.3. The number of aliphatic carboxylic acids is 1. The Morgan fingerprint density at radius 3 is 1.97 bits per heavy atom. The number of rotatable bonds is 10. The first-order valence-corrected chi connectivity index (χ1v) is 13.2. The minimum absolute atomic E-state index is 0.0604. The van der Waals surface area contributed by atoms with Crippen molar-refractivity contribution in [1.82, 2.24) is 10.6 Å². The van der Waals surface area contributed by atoms with Gasteiger partial charge in [-0.25, -0.2) is 9.59 Å². The van der Waals surface area contributed by atoms with E-state index in [2.05, 4.69) is 60.9 Å². The minimum atomic E-state index is -1.17. The highest BCUT2D eigenvalue weighted by atomic mass is 16.6. The van der Waals surface area contributed by atoms with Crippen LogP contribution in [-0.2, 0) is 16.0 Å². The van der Waals surface area contributed by atoms with E-state index in [9.17, 15) is 19.5 Å². The number of ether oxygens (including phenoxy) is 1. The van der Waals surface area contributed by atoms with Crippen molar-refractivity contribution in [2.45, 2.75) is 58.6 Å². The Morgan fingerprint density at radius 2 is 1.44 bits per heavy atom. The number of hydrogen-bond acceptors (Lipinski definition) is 4. The van der Waals surface area contributed by atoms with Crippen molar-refractivity contribution >= 4 is 18.0 Å². The van der Waals surface area contributed by atoms with Crippen molar-refractivity contribution in [3.63, 3.8) is 0 Å². The number of carbonyl (C=O) groups is 3. The third kappa shape index (κ3) is 8.99. The number of hydrogen-bond donors (Lipinski definition) is 3. The molecule has 0 aliphatic rings. The Labute approximate surface area is 230 Å². The SMILES string of the molecule is CC(C)[C@@H](CNC(=O)c1ccc(CC(NC(=O)OC(C)(C)C)C(=O)O)cc1)c1ccc(-c2ccccc2)cc1. The van der Waals surface area contributed by atoms with Gasteiger partial charge in [-0.2, -0.15) is 0 Å². The Morgan fingerprint density at radius 1 is 0.846 bits per heavy atom. The van der Waals surface area contributed by atoms with Crippen LogP contribution in [0.3, 0.4) is 0 Å². The second-order valence-electron chi connectivity index (χ2n) is 11.0. The summed E-state index contributed by atoms with van der Waals surface area (Å²) in [6.07, 6.45) is -0.731. The predicted octanol–water partition coefficient (Wildman–Crippen LogP) is 6.04. The van der Waals surface area contributed by atoms with Gasteiger partial charge in [0.2, 0.25) is 0 Å². The Kier molecular flexibility index (Phi) is 9.88. The van der Waals surface area contributed by atoms with Crippen LogP contribution in [0, 0.1) is 5.92 Å². The summed E-state index contributed by atoms with van der Waals surface area (Å²) < 4.78 is 5.16. The molecule has 1 unspecified atom stereocenters. The van der Waals surface area contributed by atoms with E-state index in [4.69, 9.17) is 4.74 Å². The summed E-state index contributed by atoms with van der Waals surface area (Å²) in [7, 11) is 0. The summed E-state index contributed by atoms with van der Waals surface area (Å²) in [5.41, 5.74) is 3.90. The van der Waals surface area contributed by atoms with Crippen molar-refractivity contribution in [3.05, 3.63) is 95.6 Å². The molecular weight excluding hydrogens is 492 g/mol. The van der Waals surface area contributed by atoms with Gasteiger partial charge in [0, 0.05) is 24.4 Å². The van der Waals surface area contributed by atoms with E-state index < -0.39 is 23.7 Å². The smallest absolute Gasteiger partial charge is 0.408 e. The number of nitrogens with one attached hydrogen (secondary N) is 2. The molecule has 3 aromatic rings. The van der Waals surface area contributed by atoms with E-state index in [0.717, 1.165) is 16.7 Å². The molecule has 7 nitrogen and oxygen atoms in total. The van der Waals surface area contributed by atoms with Gasteiger partial charge in [0.1, 0.15) is 11.6 Å². The highest BCUT2D eigenvalue weighted by molar-refractivity contribution is 5.94. The Hall–Kier alpha value is -4.13. The molecule has 3 N–H and O–H groups in total. The third-order valence-corrected chi connectivity index (χ3v) is 6.38. The zero-order chi connectivity index (χ0) is 28.6. The van der Waals surface area contributed by atoms with Crippen molar-refractivity contribution in [1.29, 1.82) is 0 Å². The molecule has 3 rings (SSSR count). The maximum atomic E-state index is 12.9. The van der Waals surface area contributed by atoms with Gasteiger partial charge in [-0.3, -0.25) is 4.79 Å². The number of alkyl carbamates (subject to hydrolysis) is 1. The summed E-state index contributed by atoms with van der Waals surface area (Å²) >= 11 is 0. The minimum Gasteiger partial charge on any atom is -0.480 e. The maximum Gasteiger partial charge on any atom is 0.408 e. The molecule has 0 spiro atoms. The maximum absolute atomic E-state index is 12.9. The number of amides is 2. The van der Waals surface area contributed by atoms with Crippen LogP contribution in [0.2, 0.25) is 0 Å². The molecule has 0 saturated carbocycles. The van der Waals surface area contributed by atoms with Crippen LogP contribution in [0.25, 0.3) is 11.1 Å². The zero-order valence-electron chi connectivity index (χ0n) is 23.2. The van der Waals surface area contributed by atoms with E-state index in [1.807, 2.05) is 18.2 Å². The van der Waals surface area contributed by atoms with Crippen LogP contribution >= 0.6 is 0 Å². The van der Waals surface area contributed by atoms with Gasteiger partial charge in [0.15, 0.2) is 0 Å². The highest BCUT2D eigenvalue weighted by Gasteiger charge is 2.24. The average molecular weight is 531 g/mol. The van der Waals surface area contributed by atoms with E-state index in [0.29, 0.717) is 23.6 Å². The van der Waals surface area contributed by atoms with Gasteiger partial charge in [0.05, 0.1) is 0 Å². The molecule has 0 fully saturated rings. The molecule has 0 radical (unpaired) electrons. The molecule has 0 aromatic heterocycles. The fourth-order valence-corrected chi connectivity index (χ4v) is 4.27. The molecule has 39 heavy (non-hydrogen) atoms. The van der Waals surface area contributed by atoms with Gasteiger partial charge < -0.3 is 20.5 Å². The molecule has 0 heterocycles. The Bertz CT molecular complexity index is 1250. The first-order valence-electron chi connectivity index (χ1n) is 13.2. The molecule has 206 valence electrons. The number of carboxylic acid groups (broad SMARTS) is 1. The van der Waals surface area contributed by atoms with Crippen LogP contribution in [0.1, 0.15) is 62.0 Å². The summed E-state index contributed by atoms with van der Waals surface area (Å²) in [4.78, 5) is 36.6. The van der Waals surface area contributed by atoms with Gasteiger partial charge in [-0.05, 0) is 61.1 Å². The number of benzene rings is 3. The van der Waals surface area contributed by atoms with Gasteiger partial charge in [0.25, 0.3) is 5.91 Å². The normalized spacial score (nSPS) is 12.9. The van der Waals surface area contributed by atoms with Crippen LogP contribution in [-0.4, -0.2) is 41.3 Å². The van der Waals surface area contributed by atoms with Crippen molar-refractivity contribution < 1.29 is 24.2 Å². The van der Waals surface area contributed by atoms with E-state index >= 15 is 0 Å². The molecule has 0 aliphatic carbocycles. The topological polar surface area (TPSA) is 105 Å². The third-order valence-electron chi connectivity index (χ3n) is 6.38.